The van der Waals surface area contributed by atoms with Crippen molar-refractivity contribution in [3.05, 3.63) is 78.1 Å². The van der Waals surface area contributed by atoms with Crippen LogP contribution in [0.2, 0.25) is 0 Å². The van der Waals surface area contributed by atoms with Crippen LogP contribution in [0, 0.1) is 0 Å². The Balaban J connectivity index is 1.35. The number of hydrogen-bond donors (Lipinski definition) is 1. The molecule has 0 aliphatic carbocycles. The van der Waals surface area contributed by atoms with Crippen LogP contribution in [-0.4, -0.2) is 48.2 Å². The number of anilines is 2. The first-order valence-electron chi connectivity index (χ1n) is 9.92. The van der Waals surface area contributed by atoms with E-state index < -0.39 is 0 Å². The molecule has 0 amide bonds. The van der Waals surface area contributed by atoms with Gasteiger partial charge in [-0.2, -0.15) is 0 Å². The van der Waals surface area contributed by atoms with Crippen molar-refractivity contribution in [2.45, 2.75) is 12.5 Å². The summed E-state index contributed by atoms with van der Waals surface area (Å²) in [6.07, 6.45) is 2.74. The molecule has 1 unspecified atom stereocenters. The molecule has 1 saturated heterocycles. The summed E-state index contributed by atoms with van der Waals surface area (Å²) in [4.78, 5) is 11.5. The first-order chi connectivity index (χ1) is 14.3. The molecule has 1 aliphatic rings. The topological polar surface area (TPSA) is 59.5 Å². The average Bonchev–Trinajstić information content (AvgIpc) is 2.79. The molecular weight excluding hydrogens is 364 g/mol. The minimum atomic E-state index is -0.0231. The zero-order valence-electron chi connectivity index (χ0n) is 16.6. The van der Waals surface area contributed by atoms with Crippen LogP contribution in [0.15, 0.2) is 66.9 Å². The number of benzene rings is 1. The second kappa shape index (κ2) is 9.49. The number of hydrogen-bond acceptors (Lipinski definition) is 6. The smallest absolute Gasteiger partial charge is 0.131 e. The fourth-order valence-corrected chi connectivity index (χ4v) is 3.43. The van der Waals surface area contributed by atoms with Crippen LogP contribution in [0.4, 0.5) is 11.6 Å². The van der Waals surface area contributed by atoms with Crippen LogP contribution in [0.1, 0.15) is 17.4 Å². The maximum absolute atomic E-state index is 6.02. The lowest BCUT2D eigenvalue weighted by atomic mass is 10.1. The van der Waals surface area contributed by atoms with Gasteiger partial charge in [0.15, 0.2) is 0 Å². The van der Waals surface area contributed by atoms with E-state index in [1.165, 1.54) is 5.56 Å². The van der Waals surface area contributed by atoms with E-state index in [2.05, 4.69) is 27.3 Å². The summed E-state index contributed by atoms with van der Waals surface area (Å²) < 4.78 is 11.2. The maximum atomic E-state index is 6.02. The van der Waals surface area contributed by atoms with Crippen molar-refractivity contribution in [2.24, 2.45) is 0 Å². The van der Waals surface area contributed by atoms with E-state index in [1.807, 2.05) is 48.5 Å². The van der Waals surface area contributed by atoms with Gasteiger partial charge in [0.1, 0.15) is 23.5 Å². The van der Waals surface area contributed by atoms with Gasteiger partial charge < -0.3 is 14.8 Å². The van der Waals surface area contributed by atoms with Crippen LogP contribution < -0.4 is 10.1 Å². The van der Waals surface area contributed by atoms with Crippen LogP contribution in [-0.2, 0) is 11.2 Å². The van der Waals surface area contributed by atoms with Crippen molar-refractivity contribution in [3.8, 4) is 5.75 Å². The monoisotopic (exact) mass is 390 g/mol. The highest BCUT2D eigenvalue weighted by molar-refractivity contribution is 5.51. The van der Waals surface area contributed by atoms with E-state index in [9.17, 15) is 0 Å². The second-order valence-corrected chi connectivity index (χ2v) is 7.05. The molecule has 0 radical (unpaired) electrons. The number of ether oxygens (including phenoxy) is 2. The fourth-order valence-electron chi connectivity index (χ4n) is 3.43. The van der Waals surface area contributed by atoms with E-state index >= 15 is 0 Å². The Morgan fingerprint density at radius 3 is 2.72 bits per heavy atom. The van der Waals surface area contributed by atoms with E-state index in [-0.39, 0.29) is 6.10 Å². The predicted octanol–water partition coefficient (Wildman–Crippen LogP) is 3.84. The Bertz CT molecular complexity index is 902. The predicted molar refractivity (Wildman–Crippen MR) is 114 cm³/mol. The quantitative estimate of drug-likeness (QED) is 0.661. The molecule has 3 heterocycles. The van der Waals surface area contributed by atoms with Gasteiger partial charge in [0.2, 0.25) is 0 Å². The third-order valence-electron chi connectivity index (χ3n) is 5.05. The van der Waals surface area contributed by atoms with Crippen LogP contribution in [0.25, 0.3) is 0 Å². The molecule has 3 aromatic rings. The van der Waals surface area contributed by atoms with E-state index in [0.29, 0.717) is 6.61 Å². The van der Waals surface area contributed by atoms with E-state index in [1.54, 1.807) is 13.3 Å². The molecule has 1 N–H and O–H groups in total. The Morgan fingerprint density at radius 1 is 1.07 bits per heavy atom. The summed E-state index contributed by atoms with van der Waals surface area (Å²) in [6, 6.07) is 20.0. The molecule has 0 spiro atoms. The summed E-state index contributed by atoms with van der Waals surface area (Å²) in [5.74, 6) is 2.45. The first kappa shape index (κ1) is 19.4. The van der Waals surface area contributed by atoms with Gasteiger partial charge in [0.25, 0.3) is 0 Å². The van der Waals surface area contributed by atoms with Gasteiger partial charge in [-0.05, 0) is 48.4 Å². The number of rotatable bonds is 7. The van der Waals surface area contributed by atoms with Crippen molar-refractivity contribution >= 4 is 11.6 Å². The van der Waals surface area contributed by atoms with Gasteiger partial charge in [-0.1, -0.05) is 24.3 Å². The Kier molecular flexibility index (Phi) is 6.34. The molecule has 4 rings (SSSR count). The number of nitrogens with zero attached hydrogens (tertiary/aromatic N) is 3. The molecule has 6 heteroatoms. The van der Waals surface area contributed by atoms with Crippen LogP contribution in [0.3, 0.4) is 0 Å². The van der Waals surface area contributed by atoms with Crippen LogP contribution in [0.5, 0.6) is 5.75 Å². The lowest BCUT2D eigenvalue weighted by Crippen LogP contribution is -2.39. The molecule has 1 aliphatic heterocycles. The lowest BCUT2D eigenvalue weighted by Gasteiger charge is -2.32. The third-order valence-corrected chi connectivity index (χ3v) is 5.05. The van der Waals surface area contributed by atoms with Crippen molar-refractivity contribution in [1.82, 2.24) is 14.9 Å². The van der Waals surface area contributed by atoms with Gasteiger partial charge in [0.05, 0.1) is 19.4 Å². The minimum Gasteiger partial charge on any atom is -0.497 e. The SMILES string of the molecule is COc1ccc(CCN2CCOC(c3cccc(Nc4ccccn4)n3)C2)cc1. The van der Waals surface area contributed by atoms with Crippen molar-refractivity contribution in [3.63, 3.8) is 0 Å². The minimum absolute atomic E-state index is 0.0231. The van der Waals surface area contributed by atoms with Gasteiger partial charge in [-0.15, -0.1) is 0 Å². The summed E-state index contributed by atoms with van der Waals surface area (Å²) in [5, 5.41) is 3.25. The number of morpholine rings is 1. The Morgan fingerprint density at radius 2 is 1.93 bits per heavy atom. The largest absolute Gasteiger partial charge is 0.497 e. The molecule has 150 valence electrons. The molecule has 1 aromatic carbocycles. The lowest BCUT2D eigenvalue weighted by molar-refractivity contribution is -0.0315. The average molecular weight is 390 g/mol. The van der Waals surface area contributed by atoms with Gasteiger partial charge >= 0.3 is 0 Å². The number of pyridine rings is 2. The molecule has 0 bridgehead atoms. The van der Waals surface area contributed by atoms with Gasteiger partial charge in [0, 0.05) is 25.8 Å². The summed E-state index contributed by atoms with van der Waals surface area (Å²) in [5.41, 5.74) is 2.26. The third kappa shape index (κ3) is 5.31. The van der Waals surface area contributed by atoms with Crippen LogP contribution >= 0.6 is 0 Å². The second-order valence-electron chi connectivity index (χ2n) is 7.05. The highest BCUT2D eigenvalue weighted by Crippen LogP contribution is 2.23. The zero-order valence-corrected chi connectivity index (χ0v) is 16.6. The van der Waals surface area contributed by atoms with Crippen molar-refractivity contribution < 1.29 is 9.47 Å². The Labute approximate surface area is 171 Å². The highest BCUT2D eigenvalue weighted by atomic mass is 16.5. The highest BCUT2D eigenvalue weighted by Gasteiger charge is 2.23. The van der Waals surface area contributed by atoms with E-state index in [0.717, 1.165) is 49.1 Å². The van der Waals surface area contributed by atoms with Gasteiger partial charge in [-0.25, -0.2) is 9.97 Å². The number of aromatic nitrogens is 2. The standard InChI is InChI=1S/C23H26N4O2/c1-28-19-10-8-18(9-11-19)12-14-27-15-16-29-21(17-27)20-5-4-7-23(25-20)26-22-6-2-3-13-24-22/h2-11,13,21H,12,14-17H2,1H3,(H,24,25,26). The van der Waals surface area contributed by atoms with Crippen molar-refractivity contribution in [1.29, 1.82) is 0 Å². The van der Waals surface area contributed by atoms with Crippen molar-refractivity contribution in [2.75, 3.05) is 38.7 Å². The normalized spacial score (nSPS) is 17.1. The fraction of sp³-hybridized carbons (Fsp3) is 0.304. The summed E-state index contributed by atoms with van der Waals surface area (Å²) >= 11 is 0. The molecule has 1 atom stereocenters. The molecule has 2 aromatic heterocycles. The van der Waals surface area contributed by atoms with Gasteiger partial charge in [-0.3, -0.25) is 4.90 Å². The maximum Gasteiger partial charge on any atom is 0.131 e. The molecular formula is C23H26N4O2. The Hall–Kier alpha value is -2.96. The van der Waals surface area contributed by atoms with E-state index in [4.69, 9.17) is 14.5 Å². The first-order valence-corrected chi connectivity index (χ1v) is 9.92. The molecule has 0 saturated carbocycles. The molecule has 1 fully saturated rings. The number of methoxy groups -OCH3 is 1. The molecule has 6 nitrogen and oxygen atoms in total. The summed E-state index contributed by atoms with van der Waals surface area (Å²) in [7, 11) is 1.69. The molecule has 29 heavy (non-hydrogen) atoms. The zero-order chi connectivity index (χ0) is 19.9. The summed E-state index contributed by atoms with van der Waals surface area (Å²) in [6.45, 7) is 3.50. The number of nitrogens with one attached hydrogen (secondary N) is 1.